The summed E-state index contributed by atoms with van der Waals surface area (Å²) in [7, 11) is 0. The van der Waals surface area contributed by atoms with Crippen LogP contribution in [0.3, 0.4) is 0 Å². The molecule has 0 fully saturated rings. The van der Waals surface area contributed by atoms with Crippen LogP contribution in [0.25, 0.3) is 0 Å². The number of benzene rings is 2. The van der Waals surface area contributed by atoms with E-state index in [4.69, 9.17) is 14.2 Å². The van der Waals surface area contributed by atoms with E-state index in [0.717, 1.165) is 41.7 Å². The Balaban J connectivity index is 1.42. The standard InChI is InChI=1S/C29H30BrN3O6S/c1-3-37-22-15-19(14-21(30)25(22)39-17-18-10-6-5-7-11-18)16-31-33-27(35)26(34)32-28-24(29(36)38-4-2)20-12-8-9-13-23(20)40-28/h5-7,10-11,14-16H,3-4,8-9,12-13,17H2,1-2H3,(H,32,34)(H,33,35)/b31-16+. The molecular weight excluding hydrogens is 598 g/mol. The molecule has 3 aromatic rings. The van der Waals surface area contributed by atoms with Gasteiger partial charge in [0.05, 0.1) is 29.5 Å². The van der Waals surface area contributed by atoms with E-state index in [1.807, 2.05) is 37.3 Å². The number of ether oxygens (including phenoxy) is 3. The lowest BCUT2D eigenvalue weighted by Gasteiger charge is -2.14. The van der Waals surface area contributed by atoms with Crippen LogP contribution in [0.4, 0.5) is 5.00 Å². The number of rotatable bonds is 10. The topological polar surface area (TPSA) is 115 Å². The first kappa shape index (κ1) is 29.3. The fraction of sp³-hybridized carbons (Fsp3) is 0.310. The number of amides is 2. The van der Waals surface area contributed by atoms with Crippen molar-refractivity contribution in [2.24, 2.45) is 5.10 Å². The molecule has 0 bridgehead atoms. The maximum absolute atomic E-state index is 12.6. The molecule has 40 heavy (non-hydrogen) atoms. The Morgan fingerprint density at radius 2 is 1.80 bits per heavy atom. The molecule has 2 aromatic carbocycles. The molecule has 0 radical (unpaired) electrons. The van der Waals surface area contributed by atoms with Gasteiger partial charge < -0.3 is 19.5 Å². The molecule has 4 rings (SSSR count). The molecule has 0 spiro atoms. The second kappa shape index (κ2) is 14.1. The molecule has 9 nitrogen and oxygen atoms in total. The fourth-order valence-electron chi connectivity index (χ4n) is 4.24. The maximum atomic E-state index is 12.6. The molecule has 0 unspecified atom stereocenters. The van der Waals surface area contributed by atoms with Crippen molar-refractivity contribution in [2.75, 3.05) is 18.5 Å². The Morgan fingerprint density at radius 3 is 2.55 bits per heavy atom. The zero-order chi connectivity index (χ0) is 28.5. The van der Waals surface area contributed by atoms with Crippen molar-refractivity contribution in [1.82, 2.24) is 5.43 Å². The number of hydrazone groups is 1. The van der Waals surface area contributed by atoms with Crippen LogP contribution in [-0.2, 0) is 33.8 Å². The van der Waals surface area contributed by atoms with Gasteiger partial charge in [0.15, 0.2) is 11.5 Å². The number of nitrogens with zero attached hydrogens (tertiary/aromatic N) is 1. The molecule has 0 aliphatic heterocycles. The second-order valence-corrected chi connectivity index (χ2v) is 10.8. The van der Waals surface area contributed by atoms with Gasteiger partial charge in [-0.3, -0.25) is 9.59 Å². The smallest absolute Gasteiger partial charge is 0.341 e. The van der Waals surface area contributed by atoms with Gasteiger partial charge in [0.1, 0.15) is 11.6 Å². The van der Waals surface area contributed by atoms with Gasteiger partial charge in [-0.1, -0.05) is 30.3 Å². The third-order valence-electron chi connectivity index (χ3n) is 6.02. The van der Waals surface area contributed by atoms with Crippen LogP contribution in [0.5, 0.6) is 11.5 Å². The van der Waals surface area contributed by atoms with E-state index in [9.17, 15) is 14.4 Å². The van der Waals surface area contributed by atoms with Gasteiger partial charge in [0.25, 0.3) is 0 Å². The Morgan fingerprint density at radius 1 is 1.02 bits per heavy atom. The van der Waals surface area contributed by atoms with Gasteiger partial charge in [-0.05, 0) is 84.3 Å². The van der Waals surface area contributed by atoms with Gasteiger partial charge >= 0.3 is 17.8 Å². The molecule has 0 atom stereocenters. The molecule has 11 heteroatoms. The van der Waals surface area contributed by atoms with Crippen LogP contribution < -0.4 is 20.2 Å². The number of carbonyl (C=O) groups excluding carboxylic acids is 3. The summed E-state index contributed by atoms with van der Waals surface area (Å²) in [5.41, 5.74) is 5.10. The molecule has 1 aliphatic carbocycles. The van der Waals surface area contributed by atoms with Crippen LogP contribution in [0.1, 0.15) is 58.6 Å². The van der Waals surface area contributed by atoms with Crippen LogP contribution in [0.15, 0.2) is 52.0 Å². The summed E-state index contributed by atoms with van der Waals surface area (Å²) in [4.78, 5) is 38.8. The summed E-state index contributed by atoms with van der Waals surface area (Å²) in [6.07, 6.45) is 4.93. The predicted molar refractivity (Wildman–Crippen MR) is 157 cm³/mol. The average Bonchev–Trinajstić information content (AvgIpc) is 3.31. The van der Waals surface area contributed by atoms with Crippen LogP contribution >= 0.6 is 27.3 Å². The van der Waals surface area contributed by atoms with Crippen molar-refractivity contribution in [3.8, 4) is 11.5 Å². The summed E-state index contributed by atoms with van der Waals surface area (Å²) in [5, 5.41) is 6.83. The second-order valence-electron chi connectivity index (χ2n) is 8.83. The first-order chi connectivity index (χ1) is 19.4. The molecule has 0 saturated heterocycles. The monoisotopic (exact) mass is 627 g/mol. The highest BCUT2D eigenvalue weighted by Crippen LogP contribution is 2.39. The SMILES string of the molecule is CCOC(=O)c1c(NC(=O)C(=O)N/N=C/c2cc(Br)c(OCc3ccccc3)c(OCC)c2)sc2c1CCCC2. The first-order valence-electron chi connectivity index (χ1n) is 13.0. The molecular formula is C29H30BrN3O6S. The van der Waals surface area contributed by atoms with Crippen molar-refractivity contribution in [2.45, 2.75) is 46.1 Å². The zero-order valence-corrected chi connectivity index (χ0v) is 24.7. The normalized spacial score (nSPS) is 12.5. The van der Waals surface area contributed by atoms with Gasteiger partial charge in [-0.2, -0.15) is 5.10 Å². The van der Waals surface area contributed by atoms with E-state index in [0.29, 0.717) is 45.3 Å². The fourth-order valence-corrected chi connectivity index (χ4v) is 6.09. The van der Waals surface area contributed by atoms with Crippen LogP contribution in [0, 0.1) is 0 Å². The van der Waals surface area contributed by atoms with E-state index < -0.39 is 17.8 Å². The number of nitrogens with one attached hydrogen (secondary N) is 2. The highest BCUT2D eigenvalue weighted by Gasteiger charge is 2.28. The number of hydrogen-bond acceptors (Lipinski definition) is 8. The minimum Gasteiger partial charge on any atom is -0.490 e. The van der Waals surface area contributed by atoms with E-state index >= 15 is 0 Å². The molecule has 1 heterocycles. The number of hydrogen-bond donors (Lipinski definition) is 2. The number of thiophene rings is 1. The Kier molecular flexibility index (Phi) is 10.3. The summed E-state index contributed by atoms with van der Waals surface area (Å²) in [6.45, 7) is 4.59. The molecule has 2 amide bonds. The van der Waals surface area contributed by atoms with Crippen LogP contribution in [-0.4, -0.2) is 37.2 Å². The number of halogens is 1. The van der Waals surface area contributed by atoms with Crippen molar-refractivity contribution in [3.05, 3.63) is 74.1 Å². The number of anilines is 1. The summed E-state index contributed by atoms with van der Waals surface area (Å²) >= 11 is 4.83. The quantitative estimate of drug-likeness (QED) is 0.130. The highest BCUT2D eigenvalue weighted by molar-refractivity contribution is 9.10. The van der Waals surface area contributed by atoms with Crippen molar-refractivity contribution in [1.29, 1.82) is 0 Å². The Hall–Kier alpha value is -3.70. The number of esters is 1. The van der Waals surface area contributed by atoms with Crippen molar-refractivity contribution < 1.29 is 28.6 Å². The lowest BCUT2D eigenvalue weighted by molar-refractivity contribution is -0.136. The largest absolute Gasteiger partial charge is 0.490 e. The number of aryl methyl sites for hydroxylation is 1. The first-order valence-corrected chi connectivity index (χ1v) is 14.6. The third-order valence-corrected chi connectivity index (χ3v) is 7.82. The van der Waals surface area contributed by atoms with Gasteiger partial charge in [0.2, 0.25) is 0 Å². The predicted octanol–water partition coefficient (Wildman–Crippen LogP) is 5.63. The molecule has 1 aromatic heterocycles. The molecule has 1 aliphatic rings. The Labute approximate surface area is 245 Å². The molecule has 210 valence electrons. The number of carbonyl (C=O) groups is 3. The summed E-state index contributed by atoms with van der Waals surface area (Å²) < 4.78 is 17.6. The minimum absolute atomic E-state index is 0.216. The summed E-state index contributed by atoms with van der Waals surface area (Å²) in [6, 6.07) is 13.3. The van der Waals surface area contributed by atoms with Crippen LogP contribution in [0.2, 0.25) is 0 Å². The van der Waals surface area contributed by atoms with E-state index in [1.54, 1.807) is 19.1 Å². The van der Waals surface area contributed by atoms with Gasteiger partial charge in [-0.25, -0.2) is 10.2 Å². The Bertz CT molecular complexity index is 1410. The van der Waals surface area contributed by atoms with Crippen molar-refractivity contribution in [3.63, 3.8) is 0 Å². The maximum Gasteiger partial charge on any atom is 0.341 e. The lowest BCUT2D eigenvalue weighted by Crippen LogP contribution is -2.32. The third kappa shape index (κ3) is 7.28. The average molecular weight is 629 g/mol. The lowest BCUT2D eigenvalue weighted by atomic mass is 9.95. The van der Waals surface area contributed by atoms with Gasteiger partial charge in [0, 0.05) is 4.88 Å². The van der Waals surface area contributed by atoms with Crippen molar-refractivity contribution >= 4 is 56.3 Å². The highest BCUT2D eigenvalue weighted by atomic mass is 79.9. The van der Waals surface area contributed by atoms with E-state index in [-0.39, 0.29) is 6.61 Å². The van der Waals surface area contributed by atoms with E-state index in [2.05, 4.69) is 31.8 Å². The number of fused-ring (bicyclic) bond motifs is 1. The van der Waals surface area contributed by atoms with Gasteiger partial charge in [-0.15, -0.1) is 11.3 Å². The molecule has 2 N–H and O–H groups in total. The minimum atomic E-state index is -0.968. The van der Waals surface area contributed by atoms with E-state index in [1.165, 1.54) is 17.6 Å². The molecule has 0 saturated carbocycles. The zero-order valence-electron chi connectivity index (χ0n) is 22.3. The summed E-state index contributed by atoms with van der Waals surface area (Å²) in [5.74, 6) is -1.34.